The third-order valence-corrected chi connectivity index (χ3v) is 2.73. The van der Waals surface area contributed by atoms with E-state index in [4.69, 9.17) is 5.11 Å². The molecule has 1 amide bonds. The SMILES string of the molecule is O=C(Cc1cccc(F)c1)Nc1ccc(C#CCO)cc1. The van der Waals surface area contributed by atoms with Crippen molar-refractivity contribution in [3.63, 3.8) is 0 Å². The maximum absolute atomic E-state index is 13.0. The van der Waals surface area contributed by atoms with Crippen molar-refractivity contribution in [2.24, 2.45) is 0 Å². The molecule has 0 unspecified atom stereocenters. The predicted molar refractivity (Wildman–Crippen MR) is 79.1 cm³/mol. The maximum Gasteiger partial charge on any atom is 0.228 e. The van der Waals surface area contributed by atoms with Crippen LogP contribution in [0.1, 0.15) is 11.1 Å². The fourth-order valence-electron chi connectivity index (χ4n) is 1.82. The summed E-state index contributed by atoms with van der Waals surface area (Å²) in [5.74, 6) is 4.74. The van der Waals surface area contributed by atoms with E-state index >= 15 is 0 Å². The smallest absolute Gasteiger partial charge is 0.228 e. The van der Waals surface area contributed by atoms with Gasteiger partial charge in [-0.3, -0.25) is 4.79 Å². The normalized spacial score (nSPS) is 9.62. The van der Waals surface area contributed by atoms with Crippen molar-refractivity contribution < 1.29 is 14.3 Å². The molecule has 3 nitrogen and oxygen atoms in total. The standard InChI is InChI=1S/C17H14FNO2/c18-15-5-1-3-14(11-15)12-17(21)19-16-8-6-13(7-9-16)4-2-10-20/h1,3,5-9,11,20H,10,12H2,(H,19,21). The van der Waals surface area contributed by atoms with Crippen molar-refractivity contribution >= 4 is 11.6 Å². The van der Waals surface area contributed by atoms with Crippen molar-refractivity contribution in [3.05, 3.63) is 65.5 Å². The summed E-state index contributed by atoms with van der Waals surface area (Å²) >= 11 is 0. The highest BCUT2D eigenvalue weighted by molar-refractivity contribution is 5.92. The summed E-state index contributed by atoms with van der Waals surface area (Å²) in [6.45, 7) is -0.188. The van der Waals surface area contributed by atoms with Gasteiger partial charge in [-0.1, -0.05) is 24.0 Å². The van der Waals surface area contributed by atoms with E-state index in [1.165, 1.54) is 12.1 Å². The predicted octanol–water partition coefficient (Wildman–Crippen LogP) is 2.35. The van der Waals surface area contributed by atoms with Crippen LogP contribution in [0.5, 0.6) is 0 Å². The Morgan fingerprint density at radius 1 is 1.19 bits per heavy atom. The molecule has 2 rings (SSSR count). The number of carbonyl (C=O) groups excluding carboxylic acids is 1. The molecule has 0 saturated carbocycles. The Labute approximate surface area is 122 Å². The fourth-order valence-corrected chi connectivity index (χ4v) is 1.82. The first-order chi connectivity index (χ1) is 10.2. The zero-order valence-corrected chi connectivity index (χ0v) is 11.3. The van der Waals surface area contributed by atoms with E-state index in [9.17, 15) is 9.18 Å². The van der Waals surface area contributed by atoms with E-state index < -0.39 is 0 Å². The molecular weight excluding hydrogens is 269 g/mol. The Balaban J connectivity index is 1.96. The van der Waals surface area contributed by atoms with E-state index in [0.29, 0.717) is 11.3 Å². The minimum atomic E-state index is -0.355. The molecule has 2 N–H and O–H groups in total. The third kappa shape index (κ3) is 4.75. The second kappa shape index (κ2) is 7.22. The van der Waals surface area contributed by atoms with Crippen molar-refractivity contribution in [2.45, 2.75) is 6.42 Å². The van der Waals surface area contributed by atoms with Crippen LogP contribution in [0.4, 0.5) is 10.1 Å². The van der Waals surface area contributed by atoms with Crippen LogP contribution in [0.2, 0.25) is 0 Å². The Morgan fingerprint density at radius 3 is 2.62 bits per heavy atom. The molecule has 0 saturated heterocycles. The molecule has 21 heavy (non-hydrogen) atoms. The highest BCUT2D eigenvalue weighted by Crippen LogP contribution is 2.10. The van der Waals surface area contributed by atoms with Crippen molar-refractivity contribution in [1.82, 2.24) is 0 Å². The quantitative estimate of drug-likeness (QED) is 0.850. The third-order valence-electron chi connectivity index (χ3n) is 2.73. The van der Waals surface area contributed by atoms with Gasteiger partial charge in [0.15, 0.2) is 0 Å². The molecule has 4 heteroatoms. The van der Waals surface area contributed by atoms with Gasteiger partial charge in [0.1, 0.15) is 12.4 Å². The molecule has 0 radical (unpaired) electrons. The second-order valence-corrected chi connectivity index (χ2v) is 4.39. The summed E-state index contributed by atoms with van der Waals surface area (Å²) < 4.78 is 13.0. The van der Waals surface area contributed by atoms with E-state index in [1.54, 1.807) is 36.4 Å². The summed E-state index contributed by atoms with van der Waals surface area (Å²) in [6, 6.07) is 12.9. The molecule has 2 aromatic carbocycles. The van der Waals surface area contributed by atoms with Crippen LogP contribution in [0.25, 0.3) is 0 Å². The van der Waals surface area contributed by atoms with E-state index in [2.05, 4.69) is 17.2 Å². The number of rotatable bonds is 3. The number of aliphatic hydroxyl groups is 1. The van der Waals surface area contributed by atoms with Crippen molar-refractivity contribution in [2.75, 3.05) is 11.9 Å². The van der Waals surface area contributed by atoms with Crippen LogP contribution in [0, 0.1) is 17.7 Å². The summed E-state index contributed by atoms with van der Waals surface area (Å²) in [5, 5.41) is 11.3. The molecule has 106 valence electrons. The molecule has 0 atom stereocenters. The first-order valence-corrected chi connectivity index (χ1v) is 6.41. The lowest BCUT2D eigenvalue weighted by Crippen LogP contribution is -2.14. The second-order valence-electron chi connectivity index (χ2n) is 4.39. The average Bonchev–Trinajstić information content (AvgIpc) is 2.46. The average molecular weight is 283 g/mol. The molecule has 0 aliphatic carbocycles. The van der Waals surface area contributed by atoms with E-state index in [1.807, 2.05) is 0 Å². The Morgan fingerprint density at radius 2 is 1.95 bits per heavy atom. The number of hydrogen-bond acceptors (Lipinski definition) is 2. The zero-order valence-electron chi connectivity index (χ0n) is 11.3. The Hall–Kier alpha value is -2.64. The number of aliphatic hydroxyl groups excluding tert-OH is 1. The van der Waals surface area contributed by atoms with Gasteiger partial charge in [0.25, 0.3) is 0 Å². The molecule has 0 spiro atoms. The largest absolute Gasteiger partial charge is 0.384 e. The summed E-state index contributed by atoms with van der Waals surface area (Å²) in [5.41, 5.74) is 2.02. The van der Waals surface area contributed by atoms with Gasteiger partial charge in [-0.25, -0.2) is 4.39 Å². The highest BCUT2D eigenvalue weighted by atomic mass is 19.1. The fraction of sp³-hybridized carbons (Fsp3) is 0.118. The molecule has 0 heterocycles. The topological polar surface area (TPSA) is 49.3 Å². The molecule has 0 bridgehead atoms. The lowest BCUT2D eigenvalue weighted by atomic mass is 10.1. The van der Waals surface area contributed by atoms with Gasteiger partial charge in [-0.2, -0.15) is 0 Å². The van der Waals surface area contributed by atoms with Crippen LogP contribution < -0.4 is 5.32 Å². The number of anilines is 1. The van der Waals surface area contributed by atoms with Gasteiger partial charge < -0.3 is 10.4 Å². The number of carbonyl (C=O) groups is 1. The number of halogens is 1. The zero-order chi connectivity index (χ0) is 15.1. The summed E-state index contributed by atoms with van der Waals surface area (Å²) in [7, 11) is 0. The number of amides is 1. The van der Waals surface area contributed by atoms with Gasteiger partial charge in [0.2, 0.25) is 5.91 Å². The van der Waals surface area contributed by atoms with Crippen molar-refractivity contribution in [1.29, 1.82) is 0 Å². The van der Waals surface area contributed by atoms with Crippen LogP contribution in [0.3, 0.4) is 0 Å². The number of hydrogen-bond donors (Lipinski definition) is 2. The lowest BCUT2D eigenvalue weighted by molar-refractivity contribution is -0.115. The van der Waals surface area contributed by atoms with Gasteiger partial charge in [0, 0.05) is 11.3 Å². The van der Waals surface area contributed by atoms with Gasteiger partial charge >= 0.3 is 0 Å². The first kappa shape index (κ1) is 14.8. The molecule has 0 aliphatic rings. The van der Waals surface area contributed by atoms with Gasteiger partial charge in [0.05, 0.1) is 6.42 Å². The Kier molecular flexibility index (Phi) is 5.08. The van der Waals surface area contributed by atoms with Gasteiger partial charge in [-0.05, 0) is 42.0 Å². The van der Waals surface area contributed by atoms with Crippen LogP contribution >= 0.6 is 0 Å². The molecule has 0 fully saturated rings. The molecule has 0 aromatic heterocycles. The number of benzene rings is 2. The minimum absolute atomic E-state index is 0.115. The monoisotopic (exact) mass is 283 g/mol. The van der Waals surface area contributed by atoms with Gasteiger partial charge in [-0.15, -0.1) is 0 Å². The van der Waals surface area contributed by atoms with Crippen LogP contribution in [0.15, 0.2) is 48.5 Å². The minimum Gasteiger partial charge on any atom is -0.384 e. The maximum atomic E-state index is 13.0. The highest BCUT2D eigenvalue weighted by Gasteiger charge is 2.04. The van der Waals surface area contributed by atoms with E-state index in [0.717, 1.165) is 5.56 Å². The summed E-state index contributed by atoms with van der Waals surface area (Å²) in [6.07, 6.45) is 0.115. The van der Waals surface area contributed by atoms with Crippen molar-refractivity contribution in [3.8, 4) is 11.8 Å². The van der Waals surface area contributed by atoms with E-state index in [-0.39, 0.29) is 24.8 Å². The first-order valence-electron chi connectivity index (χ1n) is 6.41. The Bertz CT molecular complexity index is 684. The lowest BCUT2D eigenvalue weighted by Gasteiger charge is -2.05. The molecular formula is C17H14FNO2. The molecule has 2 aromatic rings. The number of nitrogens with one attached hydrogen (secondary N) is 1. The van der Waals surface area contributed by atoms with Crippen LogP contribution in [-0.4, -0.2) is 17.6 Å². The summed E-state index contributed by atoms with van der Waals surface area (Å²) in [4.78, 5) is 11.9. The van der Waals surface area contributed by atoms with Crippen LogP contribution in [-0.2, 0) is 11.2 Å². The molecule has 0 aliphatic heterocycles.